The Bertz CT molecular complexity index is 1900. The summed E-state index contributed by atoms with van der Waals surface area (Å²) in [4.78, 5) is 43.5. The Morgan fingerprint density at radius 2 is 1.63 bits per heavy atom. The SMILES string of the molecule is C=O.C=O.CC.CNC(=O)c1c(-c2ccc(F)cc2)oc2cc(N(C)C)c(-c3ccc(OC)c(-c4nc5ncccc5[nH]4)c3)cc12. The number of aromatic nitrogens is 3. The van der Waals surface area contributed by atoms with Crippen molar-refractivity contribution >= 4 is 47.3 Å². The van der Waals surface area contributed by atoms with Crippen LogP contribution in [0.5, 0.6) is 5.75 Å². The Labute approximate surface area is 266 Å². The number of pyridine rings is 1. The molecule has 0 saturated carbocycles. The zero-order valence-corrected chi connectivity index (χ0v) is 26.6. The first kappa shape index (κ1) is 34.6. The fourth-order valence-electron chi connectivity index (χ4n) is 4.92. The van der Waals surface area contributed by atoms with E-state index in [1.165, 1.54) is 12.1 Å². The smallest absolute Gasteiger partial charge is 0.255 e. The van der Waals surface area contributed by atoms with E-state index in [-0.39, 0.29) is 11.7 Å². The molecule has 10 nitrogen and oxygen atoms in total. The van der Waals surface area contributed by atoms with Crippen molar-refractivity contribution in [3.8, 4) is 39.6 Å². The number of ether oxygens (including phenoxy) is 1. The van der Waals surface area contributed by atoms with Crippen molar-refractivity contribution in [3.05, 3.63) is 84.3 Å². The van der Waals surface area contributed by atoms with E-state index in [2.05, 4.69) is 20.3 Å². The number of hydrogen-bond donors (Lipinski definition) is 2. The molecule has 0 fully saturated rings. The number of imidazole rings is 1. The zero-order chi connectivity index (χ0) is 34.0. The van der Waals surface area contributed by atoms with Gasteiger partial charge in [0.15, 0.2) is 5.65 Å². The van der Waals surface area contributed by atoms with Gasteiger partial charge in [0.1, 0.15) is 42.3 Å². The third kappa shape index (κ3) is 6.78. The number of H-pyrrole nitrogens is 1. The molecule has 1 amide bonds. The fraction of sp³-hybridized carbons (Fsp3) is 0.171. The molecule has 11 heteroatoms. The van der Waals surface area contributed by atoms with E-state index in [0.29, 0.717) is 45.1 Å². The van der Waals surface area contributed by atoms with E-state index in [0.717, 1.165) is 27.9 Å². The van der Waals surface area contributed by atoms with Crippen LogP contribution in [0.15, 0.2) is 77.3 Å². The summed E-state index contributed by atoms with van der Waals surface area (Å²) in [5, 5.41) is 3.36. The minimum atomic E-state index is -0.367. The average Bonchev–Trinajstić information content (AvgIpc) is 3.72. The van der Waals surface area contributed by atoms with E-state index in [9.17, 15) is 9.18 Å². The van der Waals surface area contributed by atoms with Gasteiger partial charge in [0.2, 0.25) is 0 Å². The summed E-state index contributed by atoms with van der Waals surface area (Å²) < 4.78 is 25.6. The first-order chi connectivity index (χ1) is 22.4. The topological polar surface area (TPSA) is 130 Å². The van der Waals surface area contributed by atoms with Crippen molar-refractivity contribution in [3.63, 3.8) is 0 Å². The number of anilines is 1. The van der Waals surface area contributed by atoms with Gasteiger partial charge in [0, 0.05) is 55.6 Å². The van der Waals surface area contributed by atoms with Crippen molar-refractivity contribution in [1.29, 1.82) is 0 Å². The number of halogens is 1. The van der Waals surface area contributed by atoms with Gasteiger partial charge in [-0.25, -0.2) is 14.4 Å². The molecule has 6 rings (SSSR count). The van der Waals surface area contributed by atoms with Gasteiger partial charge < -0.3 is 33.9 Å². The lowest BCUT2D eigenvalue weighted by molar-refractivity contribution is -0.0987. The summed E-state index contributed by atoms with van der Waals surface area (Å²) >= 11 is 0. The van der Waals surface area contributed by atoms with Crippen LogP contribution in [0, 0.1) is 5.82 Å². The summed E-state index contributed by atoms with van der Waals surface area (Å²) in [6.45, 7) is 8.00. The predicted molar refractivity (Wildman–Crippen MR) is 180 cm³/mol. The molecule has 2 N–H and O–H groups in total. The highest BCUT2D eigenvalue weighted by Crippen LogP contribution is 2.42. The zero-order valence-electron chi connectivity index (χ0n) is 26.6. The molecular formula is C35H36FN5O5. The molecule has 238 valence electrons. The van der Waals surface area contributed by atoms with Gasteiger partial charge in [-0.3, -0.25) is 4.79 Å². The Morgan fingerprint density at radius 3 is 2.24 bits per heavy atom. The van der Waals surface area contributed by atoms with Gasteiger partial charge in [0.05, 0.1) is 23.8 Å². The number of nitrogens with one attached hydrogen (secondary N) is 2. The molecular weight excluding hydrogens is 589 g/mol. The van der Waals surface area contributed by atoms with Gasteiger partial charge in [-0.05, 0) is 60.2 Å². The van der Waals surface area contributed by atoms with Gasteiger partial charge in [0.25, 0.3) is 5.91 Å². The lowest BCUT2D eigenvalue weighted by Gasteiger charge is -2.19. The summed E-state index contributed by atoms with van der Waals surface area (Å²) in [5.74, 6) is 0.999. The van der Waals surface area contributed by atoms with E-state index >= 15 is 0 Å². The summed E-state index contributed by atoms with van der Waals surface area (Å²) in [6, 6.07) is 19.4. The highest BCUT2D eigenvalue weighted by molar-refractivity contribution is 6.13. The van der Waals surface area contributed by atoms with Gasteiger partial charge in [-0.2, -0.15) is 0 Å². The van der Waals surface area contributed by atoms with Crippen LogP contribution in [0.25, 0.3) is 56.0 Å². The number of aromatic amines is 1. The molecule has 3 aromatic carbocycles. The standard InChI is InChI=1S/C31H26FN5O3.C2H6.2CH2O/c1-33-31(38)27-21-15-20(24(37(2)3)16-26(21)40-28(27)17-7-10-19(32)11-8-17)18-9-12-25(39-4)22(14-18)29-35-23-6-5-13-34-30(23)36-29;3*1-2/h5-16H,1-4H3,(H,33,38)(H,34,35,36);1-2H3;2*1H2. The van der Waals surface area contributed by atoms with Crippen LogP contribution in [0.4, 0.5) is 10.1 Å². The third-order valence-corrected chi connectivity index (χ3v) is 6.87. The number of rotatable bonds is 6. The molecule has 0 aliphatic carbocycles. The minimum Gasteiger partial charge on any atom is -0.496 e. The number of benzene rings is 3. The molecule has 3 aromatic heterocycles. The molecule has 0 atom stereocenters. The molecule has 46 heavy (non-hydrogen) atoms. The molecule has 0 aliphatic heterocycles. The monoisotopic (exact) mass is 625 g/mol. The molecule has 6 aromatic rings. The van der Waals surface area contributed by atoms with Crippen LogP contribution in [-0.4, -0.2) is 62.7 Å². The van der Waals surface area contributed by atoms with Crippen molar-refractivity contribution in [1.82, 2.24) is 20.3 Å². The normalized spacial score (nSPS) is 10.1. The molecule has 0 radical (unpaired) electrons. The number of carbonyl (C=O) groups is 3. The summed E-state index contributed by atoms with van der Waals surface area (Å²) in [6.07, 6.45) is 1.70. The molecule has 0 aliphatic rings. The summed E-state index contributed by atoms with van der Waals surface area (Å²) in [5.41, 5.74) is 6.40. The molecule has 3 heterocycles. The first-order valence-electron chi connectivity index (χ1n) is 14.2. The van der Waals surface area contributed by atoms with Crippen molar-refractivity contribution in [2.75, 3.05) is 33.2 Å². The maximum atomic E-state index is 13.6. The van der Waals surface area contributed by atoms with Crippen molar-refractivity contribution < 1.29 is 27.9 Å². The van der Waals surface area contributed by atoms with Crippen LogP contribution >= 0.6 is 0 Å². The Balaban J connectivity index is 0.000000908. The van der Waals surface area contributed by atoms with Crippen LogP contribution in [-0.2, 0) is 9.59 Å². The number of amides is 1. The highest BCUT2D eigenvalue weighted by Gasteiger charge is 2.24. The highest BCUT2D eigenvalue weighted by atomic mass is 19.1. The lowest BCUT2D eigenvalue weighted by atomic mass is 9.96. The quantitative estimate of drug-likeness (QED) is 0.204. The van der Waals surface area contributed by atoms with E-state index in [1.807, 2.05) is 88.9 Å². The predicted octanol–water partition coefficient (Wildman–Crippen LogP) is 6.93. The van der Waals surface area contributed by atoms with E-state index in [4.69, 9.17) is 18.7 Å². The lowest BCUT2D eigenvalue weighted by Crippen LogP contribution is -2.18. The number of nitrogens with zero attached hydrogens (tertiary/aromatic N) is 3. The Kier molecular flexibility index (Phi) is 11.9. The van der Waals surface area contributed by atoms with Crippen LogP contribution in [0.2, 0.25) is 0 Å². The van der Waals surface area contributed by atoms with Crippen molar-refractivity contribution in [2.45, 2.75) is 13.8 Å². The molecule has 0 bridgehead atoms. The second-order valence-electron chi connectivity index (χ2n) is 9.53. The first-order valence-corrected chi connectivity index (χ1v) is 14.2. The van der Waals surface area contributed by atoms with Gasteiger partial charge >= 0.3 is 0 Å². The molecule has 0 unspecified atom stereocenters. The Morgan fingerprint density at radius 1 is 0.957 bits per heavy atom. The van der Waals surface area contributed by atoms with Crippen LogP contribution in [0.3, 0.4) is 0 Å². The van der Waals surface area contributed by atoms with Gasteiger partial charge in [-0.1, -0.05) is 19.9 Å². The largest absolute Gasteiger partial charge is 0.496 e. The second kappa shape index (κ2) is 15.8. The van der Waals surface area contributed by atoms with Crippen molar-refractivity contribution in [2.24, 2.45) is 0 Å². The van der Waals surface area contributed by atoms with Crippen LogP contribution < -0.4 is 15.0 Å². The number of fused-ring (bicyclic) bond motifs is 2. The fourth-order valence-corrected chi connectivity index (χ4v) is 4.92. The van der Waals surface area contributed by atoms with E-state index in [1.54, 1.807) is 32.5 Å². The average molecular weight is 626 g/mol. The maximum Gasteiger partial charge on any atom is 0.255 e. The third-order valence-electron chi connectivity index (χ3n) is 6.87. The van der Waals surface area contributed by atoms with Crippen LogP contribution in [0.1, 0.15) is 24.2 Å². The number of carbonyl (C=O) groups excluding carboxylic acids is 3. The minimum absolute atomic E-state index is 0.299. The maximum absolute atomic E-state index is 13.6. The number of hydrogen-bond acceptors (Lipinski definition) is 8. The number of furan rings is 1. The van der Waals surface area contributed by atoms with Gasteiger partial charge in [-0.15, -0.1) is 0 Å². The van der Waals surface area contributed by atoms with E-state index < -0.39 is 0 Å². The second-order valence-corrected chi connectivity index (χ2v) is 9.53. The molecule has 0 saturated heterocycles. The molecule has 0 spiro atoms. The number of methoxy groups -OCH3 is 1. The summed E-state index contributed by atoms with van der Waals surface area (Å²) in [7, 11) is 7.09. The Hall–Kier alpha value is -5.84.